The van der Waals surface area contributed by atoms with E-state index in [-0.39, 0.29) is 0 Å². The maximum absolute atomic E-state index is 6.65. The first-order chi connectivity index (χ1) is 50.2. The predicted octanol–water partition coefficient (Wildman–Crippen LogP) is 14.0. The zero-order chi connectivity index (χ0) is 64.8. The van der Waals surface area contributed by atoms with Gasteiger partial charge in [-0.25, -0.2) is 9.97 Å². The third-order valence-corrected chi connectivity index (χ3v) is 23.8. The number of benzene rings is 9. The molecule has 3 spiro atoms. The zero-order valence-corrected chi connectivity index (χ0v) is 53.1. The van der Waals surface area contributed by atoms with E-state index in [4.69, 9.17) is 24.2 Å². The summed E-state index contributed by atoms with van der Waals surface area (Å²) in [5.41, 5.74) is 25.3. The molecule has 9 aromatic carbocycles. The molecule has 0 saturated heterocycles. The third kappa shape index (κ3) is 5.16. The Morgan fingerprint density at radius 2 is 0.792 bits per heavy atom. The van der Waals surface area contributed by atoms with Gasteiger partial charge < -0.3 is 14.2 Å². The van der Waals surface area contributed by atoms with Gasteiger partial charge >= 0.3 is 33.9 Å². The highest BCUT2D eigenvalue weighted by Crippen LogP contribution is 2.62. The molecule has 3 atom stereocenters. The van der Waals surface area contributed by atoms with E-state index in [1.54, 1.807) is 12.4 Å². The first-order valence-corrected chi connectivity index (χ1v) is 34.3. The van der Waals surface area contributed by atoms with E-state index in [1.165, 1.54) is 127 Å². The Balaban J connectivity index is 0.0000000857. The second-order valence-corrected chi connectivity index (χ2v) is 27.8. The molecule has 0 N–H and O–H groups in total. The lowest BCUT2D eigenvalue weighted by molar-refractivity contribution is -0.950. The van der Waals surface area contributed by atoms with Crippen LogP contribution in [0.2, 0.25) is 0 Å². The Bertz CT molecular complexity index is 7250. The highest BCUT2D eigenvalue weighted by Gasteiger charge is 2.72. The van der Waals surface area contributed by atoms with Gasteiger partial charge in [-0.15, -0.1) is 22.8 Å². The first kappa shape index (κ1) is 50.6. The number of rotatable bonds is 0. The van der Waals surface area contributed by atoms with E-state index < -0.39 is 17.0 Å². The van der Waals surface area contributed by atoms with E-state index >= 15 is 0 Å². The summed E-state index contributed by atoms with van der Waals surface area (Å²) in [5, 5.41) is 9.71. The molecule has 462 valence electrons. The average molecular weight is 1300 g/mol. The lowest BCUT2D eigenvalue weighted by Gasteiger charge is -2.28. The van der Waals surface area contributed by atoms with Gasteiger partial charge in [-0.1, -0.05) is 60.7 Å². The van der Waals surface area contributed by atoms with Gasteiger partial charge in [-0.3, -0.25) is 4.98 Å². The van der Waals surface area contributed by atoms with Gasteiger partial charge in [0.25, 0.3) is 5.65 Å². The number of hydrogen-bond acceptors (Lipinski definition) is 6. The summed E-state index contributed by atoms with van der Waals surface area (Å²) in [6.07, 6.45) is 18.6. The van der Waals surface area contributed by atoms with Crippen LogP contribution in [0, 0.1) is 0 Å². The molecule has 3 unspecified atom stereocenters. The number of hydrogen-bond donors (Lipinski definition) is 0. The highest BCUT2D eigenvalue weighted by molar-refractivity contribution is 6.18. The van der Waals surface area contributed by atoms with Crippen molar-refractivity contribution in [2.45, 2.75) is 17.0 Å². The van der Waals surface area contributed by atoms with E-state index in [1.807, 2.05) is 12.4 Å². The molecule has 11 aromatic heterocycles. The second-order valence-electron chi connectivity index (χ2n) is 27.8. The number of pyridine rings is 7. The molecule has 29 rings (SSSR count). The van der Waals surface area contributed by atoms with Crippen molar-refractivity contribution in [2.24, 2.45) is 0 Å². The molecule has 101 heavy (non-hydrogen) atoms. The molecular weight excluding hydrogens is 1250 g/mol. The van der Waals surface area contributed by atoms with Crippen molar-refractivity contribution in [3.8, 4) is 68.3 Å². The van der Waals surface area contributed by atoms with Gasteiger partial charge in [-0.05, 0) is 121 Å². The van der Waals surface area contributed by atoms with Crippen molar-refractivity contribution in [3.63, 3.8) is 0 Å². The van der Waals surface area contributed by atoms with Crippen molar-refractivity contribution in [3.05, 3.63) is 314 Å². The van der Waals surface area contributed by atoms with Crippen molar-refractivity contribution < 1.29 is 41.6 Å². The molecule has 0 aliphatic carbocycles. The summed E-state index contributed by atoms with van der Waals surface area (Å²) in [6.45, 7) is 0. The van der Waals surface area contributed by atoms with Gasteiger partial charge in [0.2, 0.25) is 17.1 Å². The van der Waals surface area contributed by atoms with Crippen LogP contribution < -0.4 is 41.6 Å². The quantitative estimate of drug-likeness (QED) is 0.111. The third-order valence-electron chi connectivity index (χ3n) is 23.8. The Morgan fingerprint density at radius 3 is 1.42 bits per heavy atom. The average Bonchev–Trinajstić information content (AvgIpc) is 1.48. The van der Waals surface area contributed by atoms with Crippen LogP contribution in [0.15, 0.2) is 280 Å². The minimum absolute atomic E-state index is 0.468. The molecule has 20 aromatic rings. The van der Waals surface area contributed by atoms with Crippen LogP contribution in [-0.2, 0) is 17.0 Å². The molecule has 0 fully saturated rings. The maximum atomic E-state index is 6.65. The lowest BCUT2D eigenvalue weighted by Crippen LogP contribution is -2.71. The van der Waals surface area contributed by atoms with Gasteiger partial charge in [0.15, 0.2) is 40.7 Å². The predicted molar refractivity (Wildman–Crippen MR) is 377 cm³/mol. The Morgan fingerprint density at radius 1 is 0.317 bits per heavy atom. The number of imidazole rings is 3. The van der Waals surface area contributed by atoms with Crippen molar-refractivity contribution in [1.29, 1.82) is 0 Å². The van der Waals surface area contributed by atoms with Gasteiger partial charge in [0.1, 0.15) is 96.8 Å². The maximum Gasteiger partial charge on any atom is 0.372 e. The van der Waals surface area contributed by atoms with Crippen LogP contribution in [-0.4, -0.2) is 28.2 Å². The van der Waals surface area contributed by atoms with E-state index in [0.717, 1.165) is 78.6 Å². The van der Waals surface area contributed by atoms with Crippen LogP contribution in [0.4, 0.5) is 0 Å². The van der Waals surface area contributed by atoms with Crippen LogP contribution in [0.5, 0.6) is 34.5 Å². The number of fused-ring (bicyclic) bond motifs is 21. The number of nitrogens with zero attached hydrogens (tertiary/aromatic N) is 12. The monoisotopic (exact) mass is 1290 g/mol. The van der Waals surface area contributed by atoms with Crippen molar-refractivity contribution >= 4 is 104 Å². The van der Waals surface area contributed by atoms with Gasteiger partial charge in [0.05, 0.1) is 32.8 Å². The van der Waals surface area contributed by atoms with Crippen molar-refractivity contribution in [2.75, 3.05) is 0 Å². The molecule has 0 radical (unpaired) electrons. The second kappa shape index (κ2) is 16.6. The lowest BCUT2D eigenvalue weighted by atomic mass is 9.85. The fourth-order valence-corrected chi connectivity index (χ4v) is 20.6. The molecule has 0 amide bonds. The summed E-state index contributed by atoms with van der Waals surface area (Å²) in [4.78, 5) is 14.2. The minimum Gasteiger partial charge on any atom is -0.456 e. The van der Waals surface area contributed by atoms with Crippen LogP contribution >= 0.6 is 0 Å². The molecule has 0 bridgehead atoms. The SMILES string of the molecule is c1cc2c3c(c1)-c1cccc[n+]1C31c3c(ccc4c5ccccc5n5cc[n+]1c5c34)O2.c1cc2c3c(c1)-c1cccc[n+]1C31c3c(ccc4c5cnccc5n5c6ccccc6[n+]1c5c34)O2.c1cc2c3c(c1)-c1cccc[n+]1C31c3c(ccc4c5nccnc5n5c6ccccc6[n+]1c5c34)O2. The molecule has 15 nitrogen and oxygen atoms in total. The molecule has 0 saturated carbocycles. The van der Waals surface area contributed by atoms with E-state index in [9.17, 15) is 0 Å². The van der Waals surface area contributed by atoms with Crippen LogP contribution in [0.3, 0.4) is 0 Å². The Hall–Kier alpha value is -13.8. The van der Waals surface area contributed by atoms with Gasteiger partial charge in [0, 0.05) is 94.2 Å². The van der Waals surface area contributed by atoms with Gasteiger partial charge in [-0.2, -0.15) is 17.8 Å². The topological polar surface area (TPSA) is 103 Å². The Kier molecular flexibility index (Phi) is 8.31. The minimum atomic E-state index is -0.594. The summed E-state index contributed by atoms with van der Waals surface area (Å²) in [7, 11) is 0. The largest absolute Gasteiger partial charge is 0.456 e. The first-order valence-electron chi connectivity index (χ1n) is 34.3. The Labute approximate surface area is 569 Å². The van der Waals surface area contributed by atoms with Crippen LogP contribution in [0.25, 0.3) is 138 Å². The van der Waals surface area contributed by atoms with E-state index in [0.29, 0.717) is 0 Å². The van der Waals surface area contributed by atoms with Crippen LogP contribution in [0.1, 0.15) is 33.4 Å². The number of ether oxygens (including phenoxy) is 3. The summed E-state index contributed by atoms with van der Waals surface area (Å²) >= 11 is 0. The summed E-state index contributed by atoms with van der Waals surface area (Å²) < 4.78 is 41.8. The fourth-order valence-electron chi connectivity index (χ4n) is 20.6. The van der Waals surface area contributed by atoms with E-state index in [2.05, 4.69) is 301 Å². The summed E-state index contributed by atoms with van der Waals surface area (Å²) in [5.74, 6) is 5.53. The molecular formula is C86H46N12O3+6. The standard InChI is InChI=1S/C30H16N4O.C29H15N5O.C27H15N3O/c1-2-9-23-22(8-1)33-21-13-14-31-16-19(21)17-11-12-25-28-26(17)29(33)34(23)30(28)27-18(6-5-10-24(27)35-25)20-7-3-4-15-32(20)30;1-2-9-20-19(8-1)33-27-26(30-13-14-31-27)17-11-12-22-25-23(17)28(33)34(20)29(25)24-16(6-5-10-21(24)35-22)18-7-3-4-15-32(18)29;1-2-8-19-16(6-1)17-11-12-22-25-23(17)26-28(19)14-15-30(26)27(25)24-18(7-5-10-21(24)31-22)20-9-3-4-13-29(20)27/h1-16H;1-15H;1-15H/q3*+2. The zero-order valence-electron chi connectivity index (χ0n) is 53.1. The summed E-state index contributed by atoms with van der Waals surface area (Å²) in [6, 6.07) is 79.9. The fraction of sp³-hybridized carbons (Fsp3) is 0.0349. The molecule has 9 aliphatic rings. The molecule has 15 heteroatoms. The highest BCUT2D eigenvalue weighted by atomic mass is 16.5. The molecule has 20 heterocycles. The molecule has 9 aliphatic heterocycles. The normalized spacial score (nSPS) is 18.3. The van der Waals surface area contributed by atoms with Crippen molar-refractivity contribution in [1.82, 2.24) is 28.2 Å². The number of aromatic nitrogens is 12. The smallest absolute Gasteiger partial charge is 0.372 e. The number of para-hydroxylation sites is 5.